The van der Waals surface area contributed by atoms with E-state index >= 15 is 0 Å². The minimum absolute atomic E-state index is 0.0413. The molecule has 0 aromatic heterocycles. The first-order valence-corrected chi connectivity index (χ1v) is 8.57. The zero-order valence-electron chi connectivity index (χ0n) is 13.7. The van der Waals surface area contributed by atoms with Gasteiger partial charge in [0.1, 0.15) is 0 Å². The molecule has 1 heterocycles. The van der Waals surface area contributed by atoms with E-state index in [0.29, 0.717) is 23.9 Å². The molecule has 0 radical (unpaired) electrons. The van der Waals surface area contributed by atoms with Crippen molar-refractivity contribution in [2.75, 3.05) is 6.54 Å². The molecule has 1 aliphatic carbocycles. The topological polar surface area (TPSA) is 32.3 Å². The normalized spacial score (nSPS) is 28.3. The molecule has 0 aromatic rings. The lowest BCUT2D eigenvalue weighted by Gasteiger charge is -2.29. The Balaban J connectivity index is 2.00. The summed E-state index contributed by atoms with van der Waals surface area (Å²) in [5, 5.41) is 3.65. The van der Waals surface area contributed by atoms with Crippen LogP contribution >= 0.6 is 0 Å². The highest BCUT2D eigenvalue weighted by atomic mass is 16.2. The van der Waals surface area contributed by atoms with Crippen LogP contribution in [-0.2, 0) is 4.79 Å². The van der Waals surface area contributed by atoms with Crippen LogP contribution in [0.2, 0.25) is 0 Å². The van der Waals surface area contributed by atoms with Gasteiger partial charge in [-0.25, -0.2) is 0 Å². The average molecular weight is 280 g/mol. The number of hydrogen-bond donors (Lipinski definition) is 1. The molecule has 2 atom stereocenters. The number of carbonyl (C=O) groups excluding carboxylic acids is 1. The van der Waals surface area contributed by atoms with Gasteiger partial charge in [0.2, 0.25) is 5.91 Å². The fourth-order valence-electron chi connectivity index (χ4n) is 3.72. The maximum atomic E-state index is 12.7. The second-order valence-corrected chi connectivity index (χ2v) is 7.45. The van der Waals surface area contributed by atoms with Gasteiger partial charge >= 0.3 is 0 Å². The smallest absolute Gasteiger partial charge is 0.241 e. The Labute approximate surface area is 124 Å². The van der Waals surface area contributed by atoms with Crippen molar-refractivity contribution in [1.29, 1.82) is 0 Å². The minimum atomic E-state index is 0.0413. The van der Waals surface area contributed by atoms with Crippen LogP contribution in [0, 0.1) is 17.8 Å². The maximum Gasteiger partial charge on any atom is 0.241 e. The molecule has 2 aliphatic rings. The van der Waals surface area contributed by atoms with Crippen LogP contribution in [0.25, 0.3) is 0 Å². The number of carbonyl (C=O) groups is 1. The van der Waals surface area contributed by atoms with E-state index in [1.807, 2.05) is 0 Å². The quantitative estimate of drug-likeness (QED) is 0.809. The van der Waals surface area contributed by atoms with E-state index in [2.05, 4.69) is 37.9 Å². The molecule has 20 heavy (non-hydrogen) atoms. The van der Waals surface area contributed by atoms with Gasteiger partial charge in [0.25, 0.3) is 0 Å². The number of rotatable bonds is 6. The lowest BCUT2D eigenvalue weighted by atomic mass is 10.0. The van der Waals surface area contributed by atoms with Gasteiger partial charge in [-0.1, -0.05) is 40.5 Å². The standard InChI is InChI=1S/C17H32N2O/c1-12(2)8-7-11-19-16(14-9-5-6-10-14)18-15(13(3)4)17(19)20/h12-16,18H,5-11H2,1-4H3. The summed E-state index contributed by atoms with van der Waals surface area (Å²) in [7, 11) is 0. The van der Waals surface area contributed by atoms with E-state index in [1.165, 1.54) is 32.1 Å². The molecule has 3 nitrogen and oxygen atoms in total. The van der Waals surface area contributed by atoms with E-state index in [0.717, 1.165) is 18.9 Å². The predicted octanol–water partition coefficient (Wildman–Crippen LogP) is 3.40. The van der Waals surface area contributed by atoms with Crippen LogP contribution in [0.4, 0.5) is 0 Å². The second-order valence-electron chi connectivity index (χ2n) is 7.45. The Morgan fingerprint density at radius 1 is 1.20 bits per heavy atom. The van der Waals surface area contributed by atoms with Gasteiger partial charge in [-0.3, -0.25) is 10.1 Å². The number of hydrogen-bond acceptors (Lipinski definition) is 2. The van der Waals surface area contributed by atoms with Gasteiger partial charge < -0.3 is 4.90 Å². The summed E-state index contributed by atoms with van der Waals surface area (Å²) >= 11 is 0. The third-order valence-corrected chi connectivity index (χ3v) is 4.93. The van der Waals surface area contributed by atoms with Crippen molar-refractivity contribution >= 4 is 5.91 Å². The third kappa shape index (κ3) is 3.55. The average Bonchev–Trinajstić information content (AvgIpc) is 2.97. The lowest BCUT2D eigenvalue weighted by Crippen LogP contribution is -2.43. The highest BCUT2D eigenvalue weighted by Gasteiger charge is 2.43. The van der Waals surface area contributed by atoms with Gasteiger partial charge in [-0.2, -0.15) is 0 Å². The van der Waals surface area contributed by atoms with Crippen molar-refractivity contribution < 1.29 is 4.79 Å². The first-order chi connectivity index (χ1) is 9.50. The number of amides is 1. The predicted molar refractivity (Wildman–Crippen MR) is 83.3 cm³/mol. The van der Waals surface area contributed by atoms with E-state index in [1.54, 1.807) is 0 Å². The first kappa shape index (κ1) is 15.8. The molecule has 1 saturated carbocycles. The summed E-state index contributed by atoms with van der Waals surface area (Å²) in [6.07, 6.45) is 7.91. The van der Waals surface area contributed by atoms with Gasteiger partial charge in [-0.15, -0.1) is 0 Å². The molecule has 0 spiro atoms. The van der Waals surface area contributed by atoms with Gasteiger partial charge in [-0.05, 0) is 43.4 Å². The van der Waals surface area contributed by atoms with Crippen LogP contribution in [0.1, 0.15) is 66.2 Å². The third-order valence-electron chi connectivity index (χ3n) is 4.93. The second kappa shape index (κ2) is 6.93. The highest BCUT2D eigenvalue weighted by Crippen LogP contribution is 2.33. The van der Waals surface area contributed by atoms with Crippen molar-refractivity contribution in [2.45, 2.75) is 78.4 Å². The SMILES string of the molecule is CC(C)CCCN1C(=O)C(C(C)C)NC1C1CCCC1. The van der Waals surface area contributed by atoms with Gasteiger partial charge in [0.05, 0.1) is 12.2 Å². The van der Waals surface area contributed by atoms with Crippen molar-refractivity contribution in [3.05, 3.63) is 0 Å². The van der Waals surface area contributed by atoms with Crippen molar-refractivity contribution in [3.8, 4) is 0 Å². The fourth-order valence-corrected chi connectivity index (χ4v) is 3.72. The van der Waals surface area contributed by atoms with Crippen LogP contribution < -0.4 is 5.32 Å². The molecule has 2 fully saturated rings. The summed E-state index contributed by atoms with van der Waals surface area (Å²) in [6, 6.07) is 0.0413. The Bertz CT molecular complexity index is 321. The van der Waals surface area contributed by atoms with Crippen LogP contribution in [0.3, 0.4) is 0 Å². The number of nitrogens with one attached hydrogen (secondary N) is 1. The zero-order chi connectivity index (χ0) is 14.7. The van der Waals surface area contributed by atoms with E-state index in [4.69, 9.17) is 0 Å². The molecule has 1 amide bonds. The summed E-state index contributed by atoms with van der Waals surface area (Å²) < 4.78 is 0. The molecule has 0 aromatic carbocycles. The van der Waals surface area contributed by atoms with E-state index in [9.17, 15) is 4.79 Å². The van der Waals surface area contributed by atoms with Crippen LogP contribution in [0.5, 0.6) is 0 Å². The minimum Gasteiger partial charge on any atom is -0.326 e. The largest absolute Gasteiger partial charge is 0.326 e. The molecule has 2 unspecified atom stereocenters. The fraction of sp³-hybridized carbons (Fsp3) is 0.941. The van der Waals surface area contributed by atoms with Gasteiger partial charge in [0.15, 0.2) is 0 Å². The Morgan fingerprint density at radius 3 is 2.40 bits per heavy atom. The summed E-state index contributed by atoms with van der Waals surface area (Å²) in [5.74, 6) is 2.15. The van der Waals surface area contributed by atoms with Crippen molar-refractivity contribution in [1.82, 2.24) is 10.2 Å². The first-order valence-electron chi connectivity index (χ1n) is 8.57. The monoisotopic (exact) mass is 280 g/mol. The molecule has 3 heteroatoms. The molecular weight excluding hydrogens is 248 g/mol. The maximum absolute atomic E-state index is 12.7. The highest BCUT2D eigenvalue weighted by molar-refractivity contribution is 5.84. The summed E-state index contributed by atoms with van der Waals surface area (Å²) in [6.45, 7) is 9.76. The zero-order valence-corrected chi connectivity index (χ0v) is 13.7. The van der Waals surface area contributed by atoms with E-state index in [-0.39, 0.29) is 6.04 Å². The Hall–Kier alpha value is -0.570. The summed E-state index contributed by atoms with van der Waals surface area (Å²) in [5.41, 5.74) is 0. The van der Waals surface area contributed by atoms with Gasteiger partial charge in [0, 0.05) is 6.54 Å². The molecule has 0 bridgehead atoms. The molecule has 1 aliphatic heterocycles. The Morgan fingerprint density at radius 2 is 1.85 bits per heavy atom. The molecule has 116 valence electrons. The van der Waals surface area contributed by atoms with Crippen LogP contribution in [-0.4, -0.2) is 29.6 Å². The van der Waals surface area contributed by atoms with Crippen molar-refractivity contribution in [2.24, 2.45) is 17.8 Å². The summed E-state index contributed by atoms with van der Waals surface area (Å²) in [4.78, 5) is 14.8. The molecule has 1 saturated heterocycles. The number of nitrogens with zero attached hydrogens (tertiary/aromatic N) is 1. The van der Waals surface area contributed by atoms with Crippen molar-refractivity contribution in [3.63, 3.8) is 0 Å². The molecule has 1 N–H and O–H groups in total. The van der Waals surface area contributed by atoms with E-state index < -0.39 is 0 Å². The Kier molecular flexibility index (Phi) is 5.48. The lowest BCUT2D eigenvalue weighted by molar-refractivity contribution is -0.131. The van der Waals surface area contributed by atoms with Crippen LogP contribution in [0.15, 0.2) is 0 Å². The molecule has 2 rings (SSSR count). The molecular formula is C17H32N2O.